The van der Waals surface area contributed by atoms with E-state index in [1.807, 2.05) is 12.1 Å². The molecule has 0 saturated carbocycles. The molecule has 1 heterocycles. The van der Waals surface area contributed by atoms with Crippen LogP contribution in [0.4, 0.5) is 0 Å². The lowest BCUT2D eigenvalue weighted by atomic mass is 10.0. The third kappa shape index (κ3) is 3.47. The van der Waals surface area contributed by atoms with Gasteiger partial charge in [0.15, 0.2) is 0 Å². The Labute approximate surface area is 109 Å². The Bertz CT molecular complexity index is 386. The molecule has 1 aliphatic heterocycles. The molecule has 1 aromatic rings. The molecule has 18 heavy (non-hydrogen) atoms. The van der Waals surface area contributed by atoms with Crippen molar-refractivity contribution in [3.63, 3.8) is 0 Å². The second-order valence-electron chi connectivity index (χ2n) is 5.18. The van der Waals surface area contributed by atoms with Crippen molar-refractivity contribution in [2.45, 2.75) is 45.3 Å². The average Bonchev–Trinajstić information content (AvgIpc) is 2.41. The van der Waals surface area contributed by atoms with Gasteiger partial charge in [-0.1, -0.05) is 12.5 Å². The maximum atomic E-state index is 10.1. The van der Waals surface area contributed by atoms with E-state index in [4.69, 9.17) is 4.74 Å². The van der Waals surface area contributed by atoms with E-state index in [0.717, 1.165) is 18.7 Å². The molecule has 3 heteroatoms. The Kier molecular flexibility index (Phi) is 4.61. The zero-order valence-electron chi connectivity index (χ0n) is 11.3. The second kappa shape index (κ2) is 6.21. The van der Waals surface area contributed by atoms with Crippen molar-refractivity contribution in [1.29, 1.82) is 0 Å². The number of aliphatic hydroxyl groups is 1. The van der Waals surface area contributed by atoms with Gasteiger partial charge in [0.1, 0.15) is 18.5 Å². The first-order valence-corrected chi connectivity index (χ1v) is 6.78. The van der Waals surface area contributed by atoms with E-state index in [0.29, 0.717) is 6.61 Å². The van der Waals surface area contributed by atoms with Gasteiger partial charge in [-0.3, -0.25) is 0 Å². The van der Waals surface area contributed by atoms with Crippen molar-refractivity contribution >= 4 is 0 Å². The molecule has 3 nitrogen and oxygen atoms in total. The first kappa shape index (κ1) is 13.4. The zero-order valence-corrected chi connectivity index (χ0v) is 11.3. The minimum absolute atomic E-state index is 0.185. The lowest BCUT2D eigenvalue weighted by molar-refractivity contribution is 0.0639. The Morgan fingerprint density at radius 3 is 2.83 bits per heavy atom. The smallest absolute Gasteiger partial charge is 0.119 e. The number of benzene rings is 1. The van der Waals surface area contributed by atoms with Crippen LogP contribution in [0.25, 0.3) is 0 Å². The third-order valence-corrected chi connectivity index (χ3v) is 3.71. The summed E-state index contributed by atoms with van der Waals surface area (Å²) >= 11 is 0. The number of nitrogens with one attached hydrogen (secondary N) is 1. The molecule has 100 valence electrons. The van der Waals surface area contributed by atoms with Crippen molar-refractivity contribution in [1.82, 2.24) is 5.32 Å². The molecule has 2 unspecified atom stereocenters. The fourth-order valence-electron chi connectivity index (χ4n) is 2.31. The minimum atomic E-state index is -0.424. The molecule has 0 aromatic heterocycles. The maximum absolute atomic E-state index is 10.1. The minimum Gasteiger partial charge on any atom is -0.491 e. The van der Waals surface area contributed by atoms with Crippen molar-refractivity contribution < 1.29 is 9.84 Å². The summed E-state index contributed by atoms with van der Waals surface area (Å²) in [6.45, 7) is 5.52. The van der Waals surface area contributed by atoms with Gasteiger partial charge in [0.05, 0.1) is 0 Å². The summed E-state index contributed by atoms with van der Waals surface area (Å²) in [5, 5.41) is 13.4. The Morgan fingerprint density at radius 1 is 1.33 bits per heavy atom. The van der Waals surface area contributed by atoms with Crippen LogP contribution in [-0.4, -0.2) is 30.4 Å². The molecule has 1 aliphatic rings. The van der Waals surface area contributed by atoms with Crippen LogP contribution >= 0.6 is 0 Å². The van der Waals surface area contributed by atoms with Crippen LogP contribution in [0.2, 0.25) is 0 Å². The predicted molar refractivity (Wildman–Crippen MR) is 73.1 cm³/mol. The molecule has 0 aliphatic carbocycles. The van der Waals surface area contributed by atoms with Gasteiger partial charge in [-0.2, -0.15) is 0 Å². The van der Waals surface area contributed by atoms with E-state index >= 15 is 0 Å². The first-order valence-electron chi connectivity index (χ1n) is 6.78. The van der Waals surface area contributed by atoms with Crippen LogP contribution in [0.15, 0.2) is 18.2 Å². The molecule has 2 rings (SSSR count). The number of rotatable bonds is 4. The summed E-state index contributed by atoms with van der Waals surface area (Å²) in [4.78, 5) is 0. The summed E-state index contributed by atoms with van der Waals surface area (Å²) in [6, 6.07) is 6.22. The summed E-state index contributed by atoms with van der Waals surface area (Å²) < 4.78 is 5.67. The van der Waals surface area contributed by atoms with Crippen LogP contribution in [-0.2, 0) is 0 Å². The van der Waals surface area contributed by atoms with Gasteiger partial charge in [-0.05, 0) is 56.5 Å². The number of hydrogen-bond acceptors (Lipinski definition) is 3. The van der Waals surface area contributed by atoms with Crippen LogP contribution < -0.4 is 10.1 Å². The summed E-state index contributed by atoms with van der Waals surface area (Å²) in [7, 11) is 0. The molecule has 0 bridgehead atoms. The van der Waals surface area contributed by atoms with Crippen molar-refractivity contribution in [3.05, 3.63) is 29.3 Å². The van der Waals surface area contributed by atoms with E-state index in [9.17, 15) is 5.11 Å². The lowest BCUT2D eigenvalue weighted by Gasteiger charge is -2.27. The molecular formula is C15H23NO2. The molecule has 2 atom stereocenters. The highest BCUT2D eigenvalue weighted by atomic mass is 16.5. The highest BCUT2D eigenvalue weighted by Crippen LogP contribution is 2.17. The quantitative estimate of drug-likeness (QED) is 0.859. The monoisotopic (exact) mass is 249 g/mol. The van der Waals surface area contributed by atoms with Crippen LogP contribution in [0.5, 0.6) is 5.75 Å². The second-order valence-corrected chi connectivity index (χ2v) is 5.18. The molecule has 2 N–H and O–H groups in total. The van der Waals surface area contributed by atoms with E-state index in [1.54, 1.807) is 0 Å². The van der Waals surface area contributed by atoms with Gasteiger partial charge in [0.25, 0.3) is 0 Å². The van der Waals surface area contributed by atoms with E-state index in [1.165, 1.54) is 24.0 Å². The fraction of sp³-hybridized carbons (Fsp3) is 0.600. The first-order chi connectivity index (χ1) is 8.66. The number of aryl methyl sites for hydroxylation is 2. The van der Waals surface area contributed by atoms with E-state index in [-0.39, 0.29) is 6.04 Å². The maximum Gasteiger partial charge on any atom is 0.119 e. The van der Waals surface area contributed by atoms with Gasteiger partial charge in [-0.25, -0.2) is 0 Å². The SMILES string of the molecule is Cc1ccc(OCC(O)C2CCCCN2)cc1C. The van der Waals surface area contributed by atoms with Crippen molar-refractivity contribution in [2.75, 3.05) is 13.2 Å². The van der Waals surface area contributed by atoms with Crippen LogP contribution in [0.1, 0.15) is 30.4 Å². The topological polar surface area (TPSA) is 41.5 Å². The Balaban J connectivity index is 1.84. The predicted octanol–water partition coefficient (Wildman–Crippen LogP) is 2.19. The van der Waals surface area contributed by atoms with Gasteiger partial charge in [0, 0.05) is 6.04 Å². The highest BCUT2D eigenvalue weighted by Gasteiger charge is 2.21. The molecule has 0 radical (unpaired) electrons. The van der Waals surface area contributed by atoms with Gasteiger partial charge in [-0.15, -0.1) is 0 Å². The number of piperidine rings is 1. The normalized spacial score (nSPS) is 21.6. The van der Waals surface area contributed by atoms with E-state index < -0.39 is 6.10 Å². The molecule has 1 fully saturated rings. The van der Waals surface area contributed by atoms with Gasteiger partial charge >= 0.3 is 0 Å². The zero-order chi connectivity index (χ0) is 13.0. The lowest BCUT2D eigenvalue weighted by Crippen LogP contribution is -2.45. The average molecular weight is 249 g/mol. The van der Waals surface area contributed by atoms with Gasteiger partial charge < -0.3 is 15.2 Å². The summed E-state index contributed by atoms with van der Waals surface area (Å²) in [5.74, 6) is 0.841. The van der Waals surface area contributed by atoms with Crippen LogP contribution in [0, 0.1) is 13.8 Å². The largest absolute Gasteiger partial charge is 0.491 e. The highest BCUT2D eigenvalue weighted by molar-refractivity contribution is 5.33. The fourth-order valence-corrected chi connectivity index (χ4v) is 2.31. The van der Waals surface area contributed by atoms with Crippen LogP contribution in [0.3, 0.4) is 0 Å². The van der Waals surface area contributed by atoms with Crippen molar-refractivity contribution in [2.24, 2.45) is 0 Å². The third-order valence-electron chi connectivity index (χ3n) is 3.71. The molecule has 1 saturated heterocycles. The number of aliphatic hydroxyl groups excluding tert-OH is 1. The molecule has 0 amide bonds. The summed E-state index contributed by atoms with van der Waals surface area (Å²) in [6.07, 6.45) is 3.02. The van der Waals surface area contributed by atoms with Gasteiger partial charge in [0.2, 0.25) is 0 Å². The Morgan fingerprint density at radius 2 is 2.17 bits per heavy atom. The molecular weight excluding hydrogens is 226 g/mol. The summed E-state index contributed by atoms with van der Waals surface area (Å²) in [5.41, 5.74) is 2.48. The van der Waals surface area contributed by atoms with E-state index in [2.05, 4.69) is 25.2 Å². The standard InChI is InChI=1S/C15H23NO2/c1-11-6-7-13(9-12(11)2)18-10-15(17)14-5-3-4-8-16-14/h6-7,9,14-17H,3-5,8,10H2,1-2H3. The molecule has 1 aromatic carbocycles. The molecule has 0 spiro atoms. The number of ether oxygens (including phenoxy) is 1. The van der Waals surface area contributed by atoms with Crippen molar-refractivity contribution in [3.8, 4) is 5.75 Å². The Hall–Kier alpha value is -1.06. The number of hydrogen-bond donors (Lipinski definition) is 2.